The Morgan fingerprint density at radius 2 is 2.10 bits per heavy atom. The number of amides is 1. The monoisotopic (exact) mass is 294 g/mol. The largest absolute Gasteiger partial charge is 0.337 e. The molecule has 0 saturated carbocycles. The van der Waals surface area contributed by atoms with Crippen LogP contribution in [0.25, 0.3) is 0 Å². The molecule has 0 radical (unpaired) electrons. The van der Waals surface area contributed by atoms with Crippen molar-refractivity contribution < 1.29 is 4.79 Å². The minimum absolute atomic E-state index is 0.00116. The summed E-state index contributed by atoms with van der Waals surface area (Å²) in [6.07, 6.45) is 0. The molecule has 7 nitrogen and oxygen atoms in total. The second kappa shape index (κ2) is 7.87. The number of tetrazole rings is 1. The fraction of sp³-hybridized carbons (Fsp3) is 0.714. The fourth-order valence-corrected chi connectivity index (χ4v) is 1.80. The van der Waals surface area contributed by atoms with E-state index in [-0.39, 0.29) is 12.5 Å². The van der Waals surface area contributed by atoms with E-state index >= 15 is 0 Å². The summed E-state index contributed by atoms with van der Waals surface area (Å²) in [6.45, 7) is 13.9. The van der Waals surface area contributed by atoms with E-state index in [1.165, 1.54) is 0 Å². The van der Waals surface area contributed by atoms with Crippen molar-refractivity contribution in [1.82, 2.24) is 30.0 Å². The molecule has 1 aromatic heterocycles. The molecule has 1 rings (SSSR count). The lowest BCUT2D eigenvalue weighted by atomic mass is 10.3. The topological polar surface area (TPSA) is 67.2 Å². The molecule has 0 spiro atoms. The van der Waals surface area contributed by atoms with Crippen molar-refractivity contribution in [2.24, 2.45) is 0 Å². The van der Waals surface area contributed by atoms with Crippen molar-refractivity contribution in [3.8, 4) is 0 Å². The average molecular weight is 294 g/mol. The molecule has 1 heterocycles. The van der Waals surface area contributed by atoms with Crippen LogP contribution in [-0.4, -0.2) is 62.1 Å². The highest BCUT2D eigenvalue weighted by Crippen LogP contribution is 2.04. The first kappa shape index (κ1) is 17.3. The summed E-state index contributed by atoms with van der Waals surface area (Å²) in [5.74, 6) is 0.701. The minimum Gasteiger partial charge on any atom is -0.337 e. The van der Waals surface area contributed by atoms with Gasteiger partial charge in [0.25, 0.3) is 0 Å². The van der Waals surface area contributed by atoms with Gasteiger partial charge in [-0.1, -0.05) is 12.2 Å². The van der Waals surface area contributed by atoms with Crippen LogP contribution in [0.4, 0.5) is 0 Å². The molecule has 0 saturated heterocycles. The van der Waals surface area contributed by atoms with Crippen LogP contribution in [0.5, 0.6) is 0 Å². The van der Waals surface area contributed by atoms with E-state index < -0.39 is 0 Å². The van der Waals surface area contributed by atoms with Crippen LogP contribution >= 0.6 is 0 Å². The maximum absolute atomic E-state index is 12.3. The van der Waals surface area contributed by atoms with Crippen molar-refractivity contribution in [3.63, 3.8) is 0 Å². The maximum atomic E-state index is 12.3. The average Bonchev–Trinajstić information content (AvgIpc) is 2.82. The number of carbonyl (C=O) groups excluding carboxylic acids is 1. The van der Waals surface area contributed by atoms with Gasteiger partial charge in [-0.15, -0.1) is 5.10 Å². The van der Waals surface area contributed by atoms with Gasteiger partial charge in [0.1, 0.15) is 6.54 Å². The number of hydrogen-bond donors (Lipinski definition) is 0. The van der Waals surface area contributed by atoms with E-state index in [1.54, 1.807) is 9.58 Å². The fourth-order valence-electron chi connectivity index (χ4n) is 1.80. The van der Waals surface area contributed by atoms with Gasteiger partial charge in [-0.3, -0.25) is 9.69 Å². The maximum Gasteiger partial charge on any atom is 0.244 e. The molecule has 7 heteroatoms. The zero-order valence-corrected chi connectivity index (χ0v) is 13.7. The lowest BCUT2D eigenvalue weighted by Crippen LogP contribution is -2.36. The Balaban J connectivity index is 2.72. The Labute approximate surface area is 126 Å². The summed E-state index contributed by atoms with van der Waals surface area (Å²) in [5, 5.41) is 11.6. The molecule has 0 aromatic carbocycles. The van der Waals surface area contributed by atoms with E-state index in [9.17, 15) is 4.79 Å². The lowest BCUT2D eigenvalue weighted by Gasteiger charge is -2.22. The molecule has 0 aliphatic heterocycles. The van der Waals surface area contributed by atoms with Gasteiger partial charge >= 0.3 is 0 Å². The first-order valence-electron chi connectivity index (χ1n) is 7.22. The summed E-state index contributed by atoms with van der Waals surface area (Å²) in [6, 6.07) is 0.390. The van der Waals surface area contributed by atoms with Crippen molar-refractivity contribution in [1.29, 1.82) is 0 Å². The van der Waals surface area contributed by atoms with E-state index in [4.69, 9.17) is 0 Å². The second-order valence-electron chi connectivity index (χ2n) is 5.63. The van der Waals surface area contributed by atoms with Crippen LogP contribution in [0.1, 0.15) is 33.5 Å². The van der Waals surface area contributed by atoms with Crippen molar-refractivity contribution in [3.05, 3.63) is 18.0 Å². The highest BCUT2D eigenvalue weighted by atomic mass is 16.2. The van der Waals surface area contributed by atoms with Crippen LogP contribution in [0, 0.1) is 0 Å². The van der Waals surface area contributed by atoms with Crippen LogP contribution in [0.2, 0.25) is 0 Å². The number of rotatable bonds is 8. The third-order valence-electron chi connectivity index (χ3n) is 3.36. The summed E-state index contributed by atoms with van der Waals surface area (Å²) in [5.41, 5.74) is 0.960. The van der Waals surface area contributed by atoms with Crippen molar-refractivity contribution >= 4 is 5.91 Å². The summed E-state index contributed by atoms with van der Waals surface area (Å²) in [7, 11) is 2.00. The van der Waals surface area contributed by atoms with Gasteiger partial charge in [0.05, 0.1) is 6.54 Å². The zero-order chi connectivity index (χ0) is 16.0. The van der Waals surface area contributed by atoms with Crippen LogP contribution in [-0.2, 0) is 17.9 Å². The molecule has 21 heavy (non-hydrogen) atoms. The van der Waals surface area contributed by atoms with Crippen LogP contribution in [0.3, 0.4) is 0 Å². The van der Waals surface area contributed by atoms with Gasteiger partial charge in [-0.2, -0.15) is 0 Å². The van der Waals surface area contributed by atoms with E-state index in [0.29, 0.717) is 31.5 Å². The number of likely N-dealkylation sites (N-methyl/N-ethyl adjacent to an activating group) is 1. The van der Waals surface area contributed by atoms with Gasteiger partial charge in [0.2, 0.25) is 5.91 Å². The van der Waals surface area contributed by atoms with Crippen molar-refractivity contribution in [2.45, 2.75) is 46.8 Å². The molecule has 0 aliphatic carbocycles. The molecule has 0 bridgehead atoms. The van der Waals surface area contributed by atoms with Gasteiger partial charge < -0.3 is 4.90 Å². The standard InChI is InChI=1S/C14H26N6O/c1-7-19(8-11(2)3)14(21)10-20-13(15-16-17-20)9-18(6)12(4)5/h12H,2,7-10H2,1,3-6H3. The number of nitrogens with zero attached hydrogens (tertiary/aromatic N) is 6. The Morgan fingerprint density at radius 3 is 2.62 bits per heavy atom. The molecular weight excluding hydrogens is 268 g/mol. The molecule has 118 valence electrons. The lowest BCUT2D eigenvalue weighted by molar-refractivity contribution is -0.131. The molecule has 0 atom stereocenters. The van der Waals surface area contributed by atoms with E-state index in [2.05, 4.69) is 40.9 Å². The molecule has 1 amide bonds. The first-order valence-corrected chi connectivity index (χ1v) is 7.22. The van der Waals surface area contributed by atoms with E-state index in [0.717, 1.165) is 5.57 Å². The SMILES string of the molecule is C=C(C)CN(CC)C(=O)Cn1nnnc1CN(C)C(C)C. The normalized spacial score (nSPS) is 11.2. The molecule has 0 aliphatic rings. The van der Waals surface area contributed by atoms with Crippen LogP contribution < -0.4 is 0 Å². The Bertz CT molecular complexity index is 482. The van der Waals surface area contributed by atoms with Gasteiger partial charge in [-0.25, -0.2) is 4.68 Å². The Morgan fingerprint density at radius 1 is 1.43 bits per heavy atom. The molecule has 0 fully saturated rings. The molecular formula is C14H26N6O. The predicted molar refractivity (Wildman–Crippen MR) is 81.5 cm³/mol. The second-order valence-corrected chi connectivity index (χ2v) is 5.63. The molecule has 0 N–H and O–H groups in total. The quantitative estimate of drug-likeness (QED) is 0.667. The highest BCUT2D eigenvalue weighted by Gasteiger charge is 2.17. The number of hydrogen-bond acceptors (Lipinski definition) is 5. The Hall–Kier alpha value is -1.76. The third kappa shape index (κ3) is 5.26. The minimum atomic E-state index is 0.00116. The van der Waals surface area contributed by atoms with Gasteiger partial charge in [0, 0.05) is 19.1 Å². The summed E-state index contributed by atoms with van der Waals surface area (Å²) >= 11 is 0. The third-order valence-corrected chi connectivity index (χ3v) is 3.36. The predicted octanol–water partition coefficient (Wildman–Crippen LogP) is 0.938. The van der Waals surface area contributed by atoms with Crippen molar-refractivity contribution in [2.75, 3.05) is 20.1 Å². The zero-order valence-electron chi connectivity index (χ0n) is 13.7. The van der Waals surface area contributed by atoms with E-state index in [1.807, 2.05) is 20.9 Å². The van der Waals surface area contributed by atoms with Crippen LogP contribution in [0.15, 0.2) is 12.2 Å². The van der Waals surface area contributed by atoms with Gasteiger partial charge in [-0.05, 0) is 45.2 Å². The molecule has 1 aromatic rings. The summed E-state index contributed by atoms with van der Waals surface area (Å²) < 4.78 is 1.57. The smallest absolute Gasteiger partial charge is 0.244 e. The Kier molecular flexibility index (Phi) is 6.48. The number of carbonyl (C=O) groups is 1. The summed E-state index contributed by atoms with van der Waals surface area (Å²) in [4.78, 5) is 16.2. The number of aromatic nitrogens is 4. The molecule has 0 unspecified atom stereocenters. The highest BCUT2D eigenvalue weighted by molar-refractivity contribution is 5.76. The first-order chi connectivity index (χ1) is 9.85. The van der Waals surface area contributed by atoms with Gasteiger partial charge in [0.15, 0.2) is 5.82 Å².